The highest BCUT2D eigenvalue weighted by Crippen LogP contribution is 2.22. The summed E-state index contributed by atoms with van der Waals surface area (Å²) in [5.74, 6) is 0.124. The maximum atomic E-state index is 11.4. The number of nitrogen functional groups attached to an aromatic ring is 1. The van der Waals surface area contributed by atoms with Gasteiger partial charge < -0.3 is 16.8 Å². The van der Waals surface area contributed by atoms with Gasteiger partial charge >= 0.3 is 0 Å². The van der Waals surface area contributed by atoms with E-state index < -0.39 is 5.91 Å². The fraction of sp³-hybridized carbons (Fsp3) is 0.231. The number of carbonyl (C=O) groups is 1. The number of nitrogens with zero attached hydrogens (tertiary/aromatic N) is 2. The Hall–Kier alpha value is -2.50. The SMILES string of the molecule is CC(C)n1ccc(Nc2ccc(N)cc2C(N)=O)n1. The van der Waals surface area contributed by atoms with Gasteiger partial charge in [0.1, 0.15) is 0 Å². The van der Waals surface area contributed by atoms with Gasteiger partial charge in [0.2, 0.25) is 0 Å². The van der Waals surface area contributed by atoms with Crippen LogP contribution in [0.15, 0.2) is 30.5 Å². The van der Waals surface area contributed by atoms with E-state index in [1.807, 2.05) is 30.8 Å². The maximum absolute atomic E-state index is 11.4. The summed E-state index contributed by atoms with van der Waals surface area (Å²) in [4.78, 5) is 11.4. The molecule has 0 aliphatic heterocycles. The summed E-state index contributed by atoms with van der Waals surface area (Å²) in [5.41, 5.74) is 12.4. The Bertz CT molecular complexity index is 603. The third-order valence-corrected chi connectivity index (χ3v) is 2.71. The Morgan fingerprint density at radius 1 is 1.37 bits per heavy atom. The van der Waals surface area contributed by atoms with Crippen LogP contribution >= 0.6 is 0 Å². The zero-order chi connectivity index (χ0) is 14.0. The normalized spacial score (nSPS) is 10.7. The summed E-state index contributed by atoms with van der Waals surface area (Å²) >= 11 is 0. The molecule has 2 aromatic rings. The second-order valence-corrected chi connectivity index (χ2v) is 4.57. The lowest BCUT2D eigenvalue weighted by Gasteiger charge is -2.09. The Balaban J connectivity index is 2.29. The third kappa shape index (κ3) is 2.85. The number of hydrogen-bond acceptors (Lipinski definition) is 4. The van der Waals surface area contributed by atoms with Gasteiger partial charge in [0.05, 0.1) is 11.3 Å². The van der Waals surface area contributed by atoms with Crippen molar-refractivity contribution in [3.63, 3.8) is 0 Å². The third-order valence-electron chi connectivity index (χ3n) is 2.71. The first-order valence-corrected chi connectivity index (χ1v) is 5.99. The lowest BCUT2D eigenvalue weighted by atomic mass is 10.1. The van der Waals surface area contributed by atoms with Crippen LogP contribution in [0.5, 0.6) is 0 Å². The molecule has 0 saturated heterocycles. The van der Waals surface area contributed by atoms with Gasteiger partial charge in [-0.25, -0.2) is 0 Å². The van der Waals surface area contributed by atoms with Crippen molar-refractivity contribution in [1.82, 2.24) is 9.78 Å². The molecule has 0 fully saturated rings. The van der Waals surface area contributed by atoms with Gasteiger partial charge in [0, 0.05) is 24.0 Å². The molecular formula is C13H17N5O. The fourth-order valence-electron chi connectivity index (χ4n) is 1.71. The van der Waals surface area contributed by atoms with Crippen LogP contribution in [0.4, 0.5) is 17.2 Å². The zero-order valence-corrected chi connectivity index (χ0v) is 10.9. The van der Waals surface area contributed by atoms with E-state index in [1.54, 1.807) is 18.2 Å². The van der Waals surface area contributed by atoms with Crippen molar-refractivity contribution < 1.29 is 4.79 Å². The lowest BCUT2D eigenvalue weighted by Crippen LogP contribution is -2.14. The minimum absolute atomic E-state index is 0.276. The molecule has 1 amide bonds. The first-order valence-electron chi connectivity index (χ1n) is 5.99. The molecule has 6 nitrogen and oxygen atoms in total. The highest BCUT2D eigenvalue weighted by molar-refractivity contribution is 6.00. The Morgan fingerprint density at radius 2 is 2.11 bits per heavy atom. The number of anilines is 3. The van der Waals surface area contributed by atoms with Crippen molar-refractivity contribution in [2.24, 2.45) is 5.73 Å². The highest BCUT2D eigenvalue weighted by atomic mass is 16.1. The number of nitrogens with two attached hydrogens (primary N) is 2. The van der Waals surface area contributed by atoms with Gasteiger partial charge in [-0.1, -0.05) is 0 Å². The van der Waals surface area contributed by atoms with Crippen molar-refractivity contribution in [1.29, 1.82) is 0 Å². The van der Waals surface area contributed by atoms with Crippen LogP contribution in [0.25, 0.3) is 0 Å². The molecule has 0 saturated carbocycles. The van der Waals surface area contributed by atoms with E-state index in [0.29, 0.717) is 22.8 Å². The molecule has 0 atom stereocenters. The van der Waals surface area contributed by atoms with Crippen LogP contribution < -0.4 is 16.8 Å². The van der Waals surface area contributed by atoms with Crippen LogP contribution in [0.3, 0.4) is 0 Å². The molecule has 6 heteroatoms. The molecule has 1 aromatic heterocycles. The van der Waals surface area contributed by atoms with Crippen LogP contribution in [-0.2, 0) is 0 Å². The van der Waals surface area contributed by atoms with Crippen molar-refractivity contribution in [2.75, 3.05) is 11.1 Å². The second kappa shape index (κ2) is 5.01. The minimum atomic E-state index is -0.530. The van der Waals surface area contributed by atoms with E-state index in [4.69, 9.17) is 11.5 Å². The van der Waals surface area contributed by atoms with Crippen molar-refractivity contribution in [3.8, 4) is 0 Å². The average Bonchev–Trinajstić information content (AvgIpc) is 2.80. The predicted octanol–water partition coefficient (Wildman–Crippen LogP) is 1.89. The van der Waals surface area contributed by atoms with E-state index in [9.17, 15) is 4.79 Å². The molecule has 0 aliphatic carbocycles. The summed E-state index contributed by atoms with van der Waals surface area (Å²) in [6, 6.07) is 7.07. The largest absolute Gasteiger partial charge is 0.399 e. The number of carbonyl (C=O) groups excluding carboxylic acids is 1. The van der Waals surface area contributed by atoms with E-state index in [2.05, 4.69) is 10.4 Å². The van der Waals surface area contributed by atoms with Crippen molar-refractivity contribution in [3.05, 3.63) is 36.0 Å². The quantitative estimate of drug-likeness (QED) is 0.730. The van der Waals surface area contributed by atoms with Crippen molar-refractivity contribution in [2.45, 2.75) is 19.9 Å². The Morgan fingerprint density at radius 3 is 2.68 bits per heavy atom. The fourth-order valence-corrected chi connectivity index (χ4v) is 1.71. The monoisotopic (exact) mass is 259 g/mol. The molecule has 0 radical (unpaired) electrons. The minimum Gasteiger partial charge on any atom is -0.399 e. The molecule has 0 aliphatic rings. The molecule has 0 unspecified atom stereocenters. The van der Waals surface area contributed by atoms with Crippen LogP contribution in [0.1, 0.15) is 30.2 Å². The highest BCUT2D eigenvalue weighted by Gasteiger charge is 2.10. The summed E-state index contributed by atoms with van der Waals surface area (Å²) in [6.45, 7) is 4.07. The topological polar surface area (TPSA) is 99.0 Å². The first kappa shape index (κ1) is 12.9. The number of benzene rings is 1. The van der Waals surface area contributed by atoms with Gasteiger partial charge in [-0.05, 0) is 32.0 Å². The van der Waals surface area contributed by atoms with Gasteiger partial charge in [0.15, 0.2) is 5.82 Å². The number of aromatic nitrogens is 2. The molecular weight excluding hydrogens is 242 g/mol. The van der Waals surface area contributed by atoms with Crippen LogP contribution in [0.2, 0.25) is 0 Å². The molecule has 1 aromatic carbocycles. The maximum Gasteiger partial charge on any atom is 0.250 e. The average molecular weight is 259 g/mol. The van der Waals surface area contributed by atoms with Crippen molar-refractivity contribution >= 4 is 23.1 Å². The number of nitrogens with one attached hydrogen (secondary N) is 1. The zero-order valence-electron chi connectivity index (χ0n) is 10.9. The van der Waals surface area contributed by atoms with Gasteiger partial charge in [-0.3, -0.25) is 9.48 Å². The first-order chi connectivity index (χ1) is 8.97. The Labute approximate surface area is 111 Å². The summed E-state index contributed by atoms with van der Waals surface area (Å²) in [5, 5.41) is 7.42. The van der Waals surface area contributed by atoms with Crippen LogP contribution in [-0.4, -0.2) is 15.7 Å². The number of primary amides is 1. The molecule has 2 rings (SSSR count). The Kier molecular flexibility index (Phi) is 3.41. The molecule has 100 valence electrons. The number of hydrogen-bond donors (Lipinski definition) is 3. The smallest absolute Gasteiger partial charge is 0.250 e. The van der Waals surface area contributed by atoms with E-state index in [0.717, 1.165) is 0 Å². The number of rotatable bonds is 4. The standard InChI is InChI=1S/C13H17N5O/c1-8(2)18-6-5-12(17-18)16-11-4-3-9(14)7-10(11)13(15)19/h3-8H,14H2,1-2H3,(H2,15,19)(H,16,17). The van der Waals surface area contributed by atoms with E-state index in [-0.39, 0.29) is 6.04 Å². The van der Waals surface area contributed by atoms with E-state index in [1.165, 1.54) is 0 Å². The lowest BCUT2D eigenvalue weighted by molar-refractivity contribution is 0.100. The van der Waals surface area contributed by atoms with Gasteiger partial charge in [0.25, 0.3) is 5.91 Å². The van der Waals surface area contributed by atoms with E-state index >= 15 is 0 Å². The predicted molar refractivity (Wildman–Crippen MR) is 75.3 cm³/mol. The van der Waals surface area contributed by atoms with Gasteiger partial charge in [-0.15, -0.1) is 0 Å². The summed E-state index contributed by atoms with van der Waals surface area (Å²) < 4.78 is 1.82. The molecule has 1 heterocycles. The molecule has 0 bridgehead atoms. The molecule has 5 N–H and O–H groups in total. The summed E-state index contributed by atoms with van der Waals surface area (Å²) in [6.07, 6.45) is 1.87. The van der Waals surface area contributed by atoms with Gasteiger partial charge in [-0.2, -0.15) is 5.10 Å². The summed E-state index contributed by atoms with van der Waals surface area (Å²) in [7, 11) is 0. The number of amides is 1. The second-order valence-electron chi connectivity index (χ2n) is 4.57. The molecule has 19 heavy (non-hydrogen) atoms. The molecule has 0 spiro atoms. The van der Waals surface area contributed by atoms with Crippen LogP contribution in [0, 0.1) is 0 Å².